The standard InChI is InChI=1S/C11H25N/c1-6-12-11(7-9(2)3)8-10(4)5/h9-12H,6-8H2,1-5H3. The molecule has 0 bridgehead atoms. The Labute approximate surface area is 77.9 Å². The van der Waals surface area contributed by atoms with Gasteiger partial charge in [0, 0.05) is 6.04 Å². The summed E-state index contributed by atoms with van der Waals surface area (Å²) in [4.78, 5) is 0. The van der Waals surface area contributed by atoms with Gasteiger partial charge in [0.15, 0.2) is 0 Å². The molecule has 0 aliphatic carbocycles. The van der Waals surface area contributed by atoms with E-state index in [2.05, 4.69) is 39.9 Å². The molecule has 0 heterocycles. The van der Waals surface area contributed by atoms with E-state index in [4.69, 9.17) is 0 Å². The maximum atomic E-state index is 3.55. The Morgan fingerprint density at radius 3 is 1.58 bits per heavy atom. The summed E-state index contributed by atoms with van der Waals surface area (Å²) >= 11 is 0. The molecule has 0 spiro atoms. The summed E-state index contributed by atoms with van der Waals surface area (Å²) in [6.45, 7) is 12.5. The van der Waals surface area contributed by atoms with Crippen molar-refractivity contribution < 1.29 is 0 Å². The second kappa shape index (κ2) is 6.47. The molecule has 0 aromatic carbocycles. The van der Waals surface area contributed by atoms with Crippen molar-refractivity contribution in [2.75, 3.05) is 6.54 Å². The van der Waals surface area contributed by atoms with Crippen LogP contribution in [0, 0.1) is 11.8 Å². The van der Waals surface area contributed by atoms with Gasteiger partial charge >= 0.3 is 0 Å². The highest BCUT2D eigenvalue weighted by molar-refractivity contribution is 4.69. The first kappa shape index (κ1) is 12.0. The fourth-order valence-corrected chi connectivity index (χ4v) is 1.69. The Balaban J connectivity index is 3.69. The van der Waals surface area contributed by atoms with E-state index in [-0.39, 0.29) is 0 Å². The van der Waals surface area contributed by atoms with Crippen molar-refractivity contribution in [2.45, 2.75) is 53.5 Å². The number of nitrogens with one attached hydrogen (secondary N) is 1. The van der Waals surface area contributed by atoms with Crippen molar-refractivity contribution in [3.63, 3.8) is 0 Å². The van der Waals surface area contributed by atoms with Crippen LogP contribution in [0.1, 0.15) is 47.5 Å². The summed E-state index contributed by atoms with van der Waals surface area (Å²) in [5.41, 5.74) is 0. The number of hydrogen-bond acceptors (Lipinski definition) is 1. The van der Waals surface area contributed by atoms with Gasteiger partial charge in [-0.25, -0.2) is 0 Å². The van der Waals surface area contributed by atoms with Crippen LogP contribution in [-0.2, 0) is 0 Å². The van der Waals surface area contributed by atoms with Crippen LogP contribution in [0.5, 0.6) is 0 Å². The van der Waals surface area contributed by atoms with Gasteiger partial charge in [-0.15, -0.1) is 0 Å². The second-order valence-corrected chi connectivity index (χ2v) is 4.51. The lowest BCUT2D eigenvalue weighted by molar-refractivity contribution is 0.365. The normalized spacial score (nSPS) is 12.0. The maximum absolute atomic E-state index is 3.55. The van der Waals surface area contributed by atoms with Crippen LogP contribution < -0.4 is 5.32 Å². The minimum absolute atomic E-state index is 0.731. The van der Waals surface area contributed by atoms with E-state index in [9.17, 15) is 0 Å². The number of hydrogen-bond donors (Lipinski definition) is 1. The molecule has 0 aromatic heterocycles. The first-order valence-electron chi connectivity index (χ1n) is 5.29. The molecule has 0 aliphatic rings. The zero-order valence-corrected chi connectivity index (χ0v) is 9.35. The molecule has 0 atom stereocenters. The van der Waals surface area contributed by atoms with Crippen molar-refractivity contribution >= 4 is 0 Å². The minimum atomic E-state index is 0.731. The summed E-state index contributed by atoms with van der Waals surface area (Å²) < 4.78 is 0. The van der Waals surface area contributed by atoms with Crippen molar-refractivity contribution in [1.29, 1.82) is 0 Å². The van der Waals surface area contributed by atoms with E-state index in [1.165, 1.54) is 12.8 Å². The van der Waals surface area contributed by atoms with Gasteiger partial charge in [0.1, 0.15) is 0 Å². The minimum Gasteiger partial charge on any atom is -0.314 e. The molecule has 1 nitrogen and oxygen atoms in total. The Kier molecular flexibility index (Phi) is 6.45. The predicted molar refractivity (Wildman–Crippen MR) is 56.4 cm³/mol. The molecule has 0 saturated carbocycles. The van der Waals surface area contributed by atoms with E-state index in [0.29, 0.717) is 0 Å². The third-order valence-electron chi connectivity index (χ3n) is 2.00. The van der Waals surface area contributed by atoms with E-state index >= 15 is 0 Å². The molecule has 0 rings (SSSR count). The molecule has 0 amide bonds. The van der Waals surface area contributed by atoms with Gasteiger partial charge in [0.2, 0.25) is 0 Å². The highest BCUT2D eigenvalue weighted by atomic mass is 14.9. The molecule has 1 N–H and O–H groups in total. The largest absolute Gasteiger partial charge is 0.314 e. The van der Waals surface area contributed by atoms with Crippen molar-refractivity contribution in [1.82, 2.24) is 5.32 Å². The van der Waals surface area contributed by atoms with Gasteiger partial charge in [-0.1, -0.05) is 34.6 Å². The lowest BCUT2D eigenvalue weighted by Gasteiger charge is -2.21. The zero-order chi connectivity index (χ0) is 9.56. The van der Waals surface area contributed by atoms with E-state index < -0.39 is 0 Å². The molecular formula is C11H25N. The first-order chi connectivity index (χ1) is 5.56. The average Bonchev–Trinajstić information content (AvgIpc) is 1.84. The molecule has 12 heavy (non-hydrogen) atoms. The summed E-state index contributed by atoms with van der Waals surface area (Å²) in [7, 11) is 0. The van der Waals surface area contributed by atoms with Crippen LogP contribution in [0.25, 0.3) is 0 Å². The SMILES string of the molecule is CCNC(CC(C)C)CC(C)C. The molecule has 1 heteroatoms. The smallest absolute Gasteiger partial charge is 0.00718 e. The summed E-state index contributed by atoms with van der Waals surface area (Å²) in [5.74, 6) is 1.63. The molecule has 0 saturated heterocycles. The number of rotatable bonds is 6. The highest BCUT2D eigenvalue weighted by Crippen LogP contribution is 2.12. The van der Waals surface area contributed by atoms with Crippen LogP contribution >= 0.6 is 0 Å². The van der Waals surface area contributed by atoms with Gasteiger partial charge in [-0.05, 0) is 31.2 Å². The van der Waals surface area contributed by atoms with Crippen LogP contribution in [-0.4, -0.2) is 12.6 Å². The average molecular weight is 171 g/mol. The van der Waals surface area contributed by atoms with Gasteiger partial charge in [-0.2, -0.15) is 0 Å². The Morgan fingerprint density at radius 1 is 0.917 bits per heavy atom. The topological polar surface area (TPSA) is 12.0 Å². The highest BCUT2D eigenvalue weighted by Gasteiger charge is 2.10. The van der Waals surface area contributed by atoms with Gasteiger partial charge < -0.3 is 5.32 Å². The quantitative estimate of drug-likeness (QED) is 0.647. The van der Waals surface area contributed by atoms with Crippen LogP contribution in [0.4, 0.5) is 0 Å². The predicted octanol–water partition coefficient (Wildman–Crippen LogP) is 3.06. The second-order valence-electron chi connectivity index (χ2n) is 4.51. The third-order valence-corrected chi connectivity index (χ3v) is 2.00. The van der Waals surface area contributed by atoms with Crippen molar-refractivity contribution in [2.24, 2.45) is 11.8 Å². The van der Waals surface area contributed by atoms with Crippen molar-refractivity contribution in [3.05, 3.63) is 0 Å². The molecule has 0 aliphatic heterocycles. The van der Waals surface area contributed by atoms with E-state index in [1.54, 1.807) is 0 Å². The van der Waals surface area contributed by atoms with Gasteiger partial charge in [0.25, 0.3) is 0 Å². The van der Waals surface area contributed by atoms with Crippen molar-refractivity contribution in [3.8, 4) is 0 Å². The molecular weight excluding hydrogens is 146 g/mol. The molecule has 0 unspecified atom stereocenters. The fraction of sp³-hybridized carbons (Fsp3) is 1.00. The van der Waals surface area contributed by atoms with Crippen LogP contribution in [0.3, 0.4) is 0 Å². The van der Waals surface area contributed by atoms with Crippen LogP contribution in [0.2, 0.25) is 0 Å². The molecule has 74 valence electrons. The van der Waals surface area contributed by atoms with Crippen LogP contribution in [0.15, 0.2) is 0 Å². The van der Waals surface area contributed by atoms with Gasteiger partial charge in [0.05, 0.1) is 0 Å². The summed E-state index contributed by atoms with van der Waals surface area (Å²) in [5, 5.41) is 3.55. The Bertz CT molecular complexity index is 87.2. The lowest BCUT2D eigenvalue weighted by atomic mass is 9.96. The Morgan fingerprint density at radius 2 is 1.33 bits per heavy atom. The lowest BCUT2D eigenvalue weighted by Crippen LogP contribution is -2.31. The molecule has 0 aromatic rings. The summed E-state index contributed by atoms with van der Waals surface area (Å²) in [6.07, 6.45) is 2.62. The zero-order valence-electron chi connectivity index (χ0n) is 9.35. The van der Waals surface area contributed by atoms with Gasteiger partial charge in [-0.3, -0.25) is 0 Å². The third kappa shape index (κ3) is 6.66. The summed E-state index contributed by atoms with van der Waals surface area (Å²) in [6, 6.07) is 0.731. The van der Waals surface area contributed by atoms with E-state index in [0.717, 1.165) is 24.4 Å². The molecule has 0 fully saturated rings. The fourth-order valence-electron chi connectivity index (χ4n) is 1.69. The maximum Gasteiger partial charge on any atom is 0.00718 e. The monoisotopic (exact) mass is 171 g/mol. The Hall–Kier alpha value is -0.0400. The molecule has 0 radical (unpaired) electrons. The van der Waals surface area contributed by atoms with E-state index in [1.807, 2.05) is 0 Å². The first-order valence-corrected chi connectivity index (χ1v) is 5.29.